The third-order valence-electron chi connectivity index (χ3n) is 2.55. The molecule has 0 aliphatic heterocycles. The van der Waals surface area contributed by atoms with E-state index in [9.17, 15) is 19.7 Å². The molecule has 1 aromatic rings. The molecule has 0 saturated heterocycles. The Kier molecular flexibility index (Phi) is 5.19. The third kappa shape index (κ3) is 4.18. The molecule has 1 aromatic heterocycles. The van der Waals surface area contributed by atoms with Gasteiger partial charge in [0.05, 0.1) is 11.1 Å². The van der Waals surface area contributed by atoms with E-state index in [0.29, 0.717) is 18.7 Å². The van der Waals surface area contributed by atoms with Gasteiger partial charge in [-0.05, 0) is 6.92 Å². The lowest BCUT2D eigenvalue weighted by atomic mass is 10.2. The Morgan fingerprint density at radius 1 is 1.58 bits per heavy atom. The van der Waals surface area contributed by atoms with Crippen LogP contribution < -0.4 is 16.6 Å². The van der Waals surface area contributed by atoms with Crippen LogP contribution in [-0.2, 0) is 11.3 Å². The number of nitrogens with two attached hydrogens (primary N) is 1. The molecule has 104 valence electrons. The van der Waals surface area contributed by atoms with Crippen molar-refractivity contribution in [3.8, 4) is 0 Å². The molecule has 8 nitrogen and oxygen atoms in total. The van der Waals surface area contributed by atoms with Gasteiger partial charge < -0.3 is 15.6 Å². The Labute approximate surface area is 109 Å². The number of nitrogens with one attached hydrogen (secondary N) is 1. The van der Waals surface area contributed by atoms with Crippen LogP contribution in [0.25, 0.3) is 0 Å². The van der Waals surface area contributed by atoms with Crippen molar-refractivity contribution >= 4 is 11.6 Å². The molecule has 19 heavy (non-hydrogen) atoms. The standard InChI is InChI=1S/C11H16N4O4/c1-8-6-11(17)14(7-9(8)15(18)19)5-2-10(16)13-4-3-12/h6-7H,2-5,12H2,1H3,(H,13,16). The van der Waals surface area contributed by atoms with E-state index in [0.717, 1.165) is 10.8 Å². The van der Waals surface area contributed by atoms with Crippen LogP contribution in [0.2, 0.25) is 0 Å². The van der Waals surface area contributed by atoms with Gasteiger partial charge in [-0.1, -0.05) is 0 Å². The molecule has 0 aliphatic rings. The van der Waals surface area contributed by atoms with Gasteiger partial charge in [0, 0.05) is 37.7 Å². The van der Waals surface area contributed by atoms with Gasteiger partial charge in [-0.25, -0.2) is 0 Å². The minimum absolute atomic E-state index is 0.0696. The first-order chi connectivity index (χ1) is 8.95. The van der Waals surface area contributed by atoms with Crippen molar-refractivity contribution < 1.29 is 9.72 Å². The Morgan fingerprint density at radius 2 is 2.26 bits per heavy atom. The SMILES string of the molecule is Cc1cc(=O)n(CCC(=O)NCCN)cc1[N+](=O)[O-]. The summed E-state index contributed by atoms with van der Waals surface area (Å²) in [5, 5.41) is 13.3. The first-order valence-corrected chi connectivity index (χ1v) is 5.78. The van der Waals surface area contributed by atoms with Gasteiger partial charge >= 0.3 is 0 Å². The average Bonchev–Trinajstić information content (AvgIpc) is 2.34. The van der Waals surface area contributed by atoms with E-state index >= 15 is 0 Å². The van der Waals surface area contributed by atoms with Crippen LogP contribution >= 0.6 is 0 Å². The van der Waals surface area contributed by atoms with Crippen molar-refractivity contribution in [3.05, 3.63) is 38.3 Å². The molecule has 1 rings (SSSR count). The summed E-state index contributed by atoms with van der Waals surface area (Å²) in [4.78, 5) is 33.2. The Bertz CT molecular complexity index is 538. The smallest absolute Gasteiger partial charge is 0.288 e. The van der Waals surface area contributed by atoms with Crippen LogP contribution in [0.5, 0.6) is 0 Å². The minimum Gasteiger partial charge on any atom is -0.355 e. The number of nitro groups is 1. The maximum absolute atomic E-state index is 11.6. The molecule has 0 radical (unpaired) electrons. The summed E-state index contributed by atoms with van der Waals surface area (Å²) in [7, 11) is 0. The predicted molar refractivity (Wildman–Crippen MR) is 68.8 cm³/mol. The first kappa shape index (κ1) is 14.8. The third-order valence-corrected chi connectivity index (χ3v) is 2.55. The summed E-state index contributed by atoms with van der Waals surface area (Å²) in [6, 6.07) is 1.19. The summed E-state index contributed by atoms with van der Waals surface area (Å²) >= 11 is 0. The zero-order valence-corrected chi connectivity index (χ0v) is 10.6. The van der Waals surface area contributed by atoms with Crippen molar-refractivity contribution in [2.75, 3.05) is 13.1 Å². The number of nitrogens with zero attached hydrogens (tertiary/aromatic N) is 2. The molecular formula is C11H16N4O4. The monoisotopic (exact) mass is 268 g/mol. The van der Waals surface area contributed by atoms with Gasteiger partial charge in [0.25, 0.3) is 11.2 Å². The average molecular weight is 268 g/mol. The first-order valence-electron chi connectivity index (χ1n) is 5.78. The molecule has 0 unspecified atom stereocenters. The Balaban J connectivity index is 2.79. The lowest BCUT2D eigenvalue weighted by Gasteiger charge is -2.07. The van der Waals surface area contributed by atoms with Crippen LogP contribution in [0.1, 0.15) is 12.0 Å². The summed E-state index contributed by atoms with van der Waals surface area (Å²) in [5.41, 5.74) is 5.03. The molecule has 0 aromatic carbocycles. The topological polar surface area (TPSA) is 120 Å². The quantitative estimate of drug-likeness (QED) is 0.533. The predicted octanol–water partition coefficient (Wildman–Crippen LogP) is -0.470. The molecule has 0 spiro atoms. The van der Waals surface area contributed by atoms with E-state index in [-0.39, 0.29) is 30.1 Å². The summed E-state index contributed by atoms with van der Waals surface area (Å²) in [5.74, 6) is -0.249. The number of amides is 1. The number of carbonyl (C=O) groups is 1. The van der Waals surface area contributed by atoms with Gasteiger partial charge in [0.2, 0.25) is 5.91 Å². The molecule has 0 fully saturated rings. The Hall–Kier alpha value is -2.22. The maximum Gasteiger partial charge on any atom is 0.288 e. The number of hydrogen-bond acceptors (Lipinski definition) is 5. The number of aryl methyl sites for hydroxylation is 2. The number of rotatable bonds is 6. The lowest BCUT2D eigenvalue weighted by molar-refractivity contribution is -0.385. The highest BCUT2D eigenvalue weighted by Gasteiger charge is 2.13. The van der Waals surface area contributed by atoms with Gasteiger partial charge in [-0.15, -0.1) is 0 Å². The second kappa shape index (κ2) is 6.64. The van der Waals surface area contributed by atoms with E-state index in [2.05, 4.69) is 5.32 Å². The highest BCUT2D eigenvalue weighted by molar-refractivity contribution is 5.75. The number of aromatic nitrogens is 1. The maximum atomic E-state index is 11.6. The van der Waals surface area contributed by atoms with E-state index in [4.69, 9.17) is 5.73 Å². The molecular weight excluding hydrogens is 252 g/mol. The zero-order chi connectivity index (χ0) is 14.4. The molecule has 0 aliphatic carbocycles. The van der Waals surface area contributed by atoms with Gasteiger partial charge in [0.1, 0.15) is 0 Å². The zero-order valence-electron chi connectivity index (χ0n) is 10.6. The summed E-state index contributed by atoms with van der Waals surface area (Å²) in [6.07, 6.45) is 1.23. The van der Waals surface area contributed by atoms with E-state index < -0.39 is 4.92 Å². The van der Waals surface area contributed by atoms with Gasteiger partial charge in [0.15, 0.2) is 0 Å². The second-order valence-corrected chi connectivity index (χ2v) is 4.02. The fourth-order valence-electron chi connectivity index (χ4n) is 1.54. The second-order valence-electron chi connectivity index (χ2n) is 4.02. The van der Waals surface area contributed by atoms with Crippen molar-refractivity contribution in [2.45, 2.75) is 19.9 Å². The fourth-order valence-corrected chi connectivity index (χ4v) is 1.54. The number of hydrogen-bond donors (Lipinski definition) is 2. The molecule has 1 amide bonds. The van der Waals surface area contributed by atoms with Crippen molar-refractivity contribution in [1.29, 1.82) is 0 Å². The largest absolute Gasteiger partial charge is 0.355 e. The van der Waals surface area contributed by atoms with E-state index in [1.165, 1.54) is 13.0 Å². The van der Waals surface area contributed by atoms with Crippen LogP contribution in [0.15, 0.2) is 17.1 Å². The molecule has 8 heteroatoms. The number of carbonyl (C=O) groups excluding carboxylic acids is 1. The number of pyridine rings is 1. The van der Waals surface area contributed by atoms with Crippen molar-refractivity contribution in [2.24, 2.45) is 5.73 Å². The van der Waals surface area contributed by atoms with E-state index in [1.807, 2.05) is 0 Å². The molecule has 0 bridgehead atoms. The molecule has 0 saturated carbocycles. The highest BCUT2D eigenvalue weighted by atomic mass is 16.6. The minimum atomic E-state index is -0.556. The van der Waals surface area contributed by atoms with Crippen molar-refractivity contribution in [3.63, 3.8) is 0 Å². The van der Waals surface area contributed by atoms with Crippen LogP contribution in [0.4, 0.5) is 5.69 Å². The lowest BCUT2D eigenvalue weighted by Crippen LogP contribution is -2.31. The molecule has 0 atom stereocenters. The summed E-state index contributed by atoms with van der Waals surface area (Å²) in [6.45, 7) is 2.29. The van der Waals surface area contributed by atoms with Crippen LogP contribution in [0.3, 0.4) is 0 Å². The normalized spacial score (nSPS) is 10.2. The van der Waals surface area contributed by atoms with Gasteiger partial charge in [-0.2, -0.15) is 0 Å². The summed E-state index contributed by atoms with van der Waals surface area (Å²) < 4.78 is 1.16. The van der Waals surface area contributed by atoms with Crippen LogP contribution in [0, 0.1) is 17.0 Å². The van der Waals surface area contributed by atoms with E-state index in [1.54, 1.807) is 0 Å². The van der Waals surface area contributed by atoms with Crippen LogP contribution in [-0.4, -0.2) is 28.5 Å². The molecule has 3 N–H and O–H groups in total. The highest BCUT2D eigenvalue weighted by Crippen LogP contribution is 2.13. The fraction of sp³-hybridized carbons (Fsp3) is 0.455. The van der Waals surface area contributed by atoms with Gasteiger partial charge in [-0.3, -0.25) is 19.7 Å². The van der Waals surface area contributed by atoms with Crippen molar-refractivity contribution in [1.82, 2.24) is 9.88 Å². The molecule has 1 heterocycles. The Morgan fingerprint density at radius 3 is 2.84 bits per heavy atom.